The third-order valence-corrected chi connectivity index (χ3v) is 5.12. The molecule has 0 bridgehead atoms. The molecule has 27 heavy (non-hydrogen) atoms. The molecule has 2 rings (SSSR count). The van der Waals surface area contributed by atoms with E-state index in [1.54, 1.807) is 19.1 Å². The third kappa shape index (κ3) is 4.54. The zero-order valence-corrected chi connectivity index (χ0v) is 15.6. The number of carbonyl (C=O) groups is 3. The van der Waals surface area contributed by atoms with Crippen molar-refractivity contribution in [3.8, 4) is 0 Å². The molecule has 148 valence electrons. The Hall–Kier alpha value is -2.25. The monoisotopic (exact) mass is 378 g/mol. The fourth-order valence-electron chi connectivity index (χ4n) is 3.18. The lowest BCUT2D eigenvalue weighted by Gasteiger charge is -2.31. The first-order chi connectivity index (χ1) is 12.8. The predicted molar refractivity (Wildman–Crippen MR) is 96.4 cm³/mol. The predicted octanol–water partition coefficient (Wildman–Crippen LogP) is 1.24. The largest absolute Gasteiger partial charge is 0.458 e. The maximum Gasteiger partial charge on any atom is 0.334 e. The molecule has 1 heterocycles. The van der Waals surface area contributed by atoms with Crippen LogP contribution in [0.5, 0.6) is 0 Å². The molecule has 0 unspecified atom stereocenters. The molecule has 1 aliphatic heterocycles. The number of aliphatic hydroxyl groups excluding tert-OH is 2. The summed E-state index contributed by atoms with van der Waals surface area (Å²) < 4.78 is 10.9. The van der Waals surface area contributed by atoms with Crippen molar-refractivity contribution in [2.75, 3.05) is 6.61 Å². The molecule has 0 amide bonds. The van der Waals surface area contributed by atoms with Gasteiger partial charge < -0.3 is 19.7 Å². The molecular formula is C20H26O7. The van der Waals surface area contributed by atoms with Crippen LogP contribution in [0.1, 0.15) is 33.1 Å². The van der Waals surface area contributed by atoms with Gasteiger partial charge in [0.1, 0.15) is 24.6 Å². The summed E-state index contributed by atoms with van der Waals surface area (Å²) in [5.41, 5.74) is 0.736. The lowest BCUT2D eigenvalue weighted by molar-refractivity contribution is -0.162. The van der Waals surface area contributed by atoms with Crippen molar-refractivity contribution in [2.45, 2.75) is 51.4 Å². The second-order valence-corrected chi connectivity index (χ2v) is 6.92. The molecule has 7 heteroatoms. The highest BCUT2D eigenvalue weighted by atomic mass is 16.6. The molecule has 2 aliphatic rings. The number of ether oxygens (including phenoxy) is 2. The van der Waals surface area contributed by atoms with Gasteiger partial charge in [-0.1, -0.05) is 26.5 Å². The maximum atomic E-state index is 12.4. The highest BCUT2D eigenvalue weighted by molar-refractivity contribution is 5.91. The minimum atomic E-state index is -1.42. The summed E-state index contributed by atoms with van der Waals surface area (Å²) in [4.78, 5) is 36.0. The van der Waals surface area contributed by atoms with Crippen molar-refractivity contribution in [1.82, 2.24) is 0 Å². The third-order valence-electron chi connectivity index (χ3n) is 5.12. The van der Waals surface area contributed by atoms with Crippen LogP contribution >= 0.6 is 0 Å². The molecule has 1 fully saturated rings. The highest BCUT2D eigenvalue weighted by Crippen LogP contribution is 2.36. The summed E-state index contributed by atoms with van der Waals surface area (Å²) in [5, 5.41) is 20.3. The molecule has 7 nitrogen and oxygen atoms in total. The van der Waals surface area contributed by atoms with E-state index >= 15 is 0 Å². The van der Waals surface area contributed by atoms with Crippen LogP contribution in [0.15, 0.2) is 35.5 Å². The number of aldehydes is 1. The lowest BCUT2D eigenvalue weighted by Crippen LogP contribution is -2.43. The van der Waals surface area contributed by atoms with Gasteiger partial charge in [-0.2, -0.15) is 0 Å². The number of hydrogen-bond donors (Lipinski definition) is 2. The molecule has 1 aliphatic carbocycles. The van der Waals surface area contributed by atoms with Crippen LogP contribution in [-0.4, -0.2) is 53.4 Å². The van der Waals surface area contributed by atoms with Crippen LogP contribution in [0.25, 0.3) is 0 Å². The topological polar surface area (TPSA) is 110 Å². The Kier molecular flexibility index (Phi) is 7.10. The summed E-state index contributed by atoms with van der Waals surface area (Å²) in [5.74, 6) is -2.47. The van der Waals surface area contributed by atoms with E-state index in [1.807, 2.05) is 6.92 Å². The lowest BCUT2D eigenvalue weighted by atomic mass is 9.83. The smallest absolute Gasteiger partial charge is 0.334 e. The van der Waals surface area contributed by atoms with Crippen LogP contribution in [0, 0.1) is 11.8 Å². The Bertz CT molecular complexity index is 676. The van der Waals surface area contributed by atoms with E-state index in [-0.39, 0.29) is 17.8 Å². The van der Waals surface area contributed by atoms with Crippen LogP contribution in [0.4, 0.5) is 0 Å². The molecule has 0 aromatic carbocycles. The van der Waals surface area contributed by atoms with Gasteiger partial charge in [0.05, 0.1) is 18.4 Å². The van der Waals surface area contributed by atoms with Crippen molar-refractivity contribution in [3.05, 3.63) is 35.5 Å². The molecule has 5 atom stereocenters. The van der Waals surface area contributed by atoms with Gasteiger partial charge in [-0.25, -0.2) is 4.79 Å². The van der Waals surface area contributed by atoms with Crippen molar-refractivity contribution in [1.29, 1.82) is 0 Å². The zero-order chi connectivity index (χ0) is 20.1. The molecule has 0 spiro atoms. The first kappa shape index (κ1) is 21.1. The Balaban J connectivity index is 2.50. The normalized spacial score (nSPS) is 33.6. The second-order valence-electron chi connectivity index (χ2n) is 6.92. The first-order valence-electron chi connectivity index (χ1n) is 9.08. The van der Waals surface area contributed by atoms with Gasteiger partial charge in [0, 0.05) is 11.1 Å². The average molecular weight is 378 g/mol. The molecule has 1 saturated heterocycles. The van der Waals surface area contributed by atoms with Gasteiger partial charge in [0.25, 0.3) is 0 Å². The molecule has 0 radical (unpaired) electrons. The summed E-state index contributed by atoms with van der Waals surface area (Å²) in [7, 11) is 0. The number of allylic oxidation sites excluding steroid dienone is 1. The summed E-state index contributed by atoms with van der Waals surface area (Å²) in [6.07, 6.45) is 1.57. The Morgan fingerprint density at radius 2 is 2.22 bits per heavy atom. The molecule has 0 aromatic rings. The van der Waals surface area contributed by atoms with Crippen molar-refractivity contribution < 1.29 is 34.1 Å². The second kappa shape index (κ2) is 9.10. The SMILES string of the molecule is C=C1C(=O)O[C@@H]2/C=C(\CO)CC/C=C(\C=O)[C@H](O)[C@H](OC(=O)[C@@H](C)CC)[C@H]12. The van der Waals surface area contributed by atoms with Gasteiger partial charge in [-0.15, -0.1) is 0 Å². The fraction of sp³-hybridized carbons (Fsp3) is 0.550. The van der Waals surface area contributed by atoms with Gasteiger partial charge in [0.2, 0.25) is 0 Å². The van der Waals surface area contributed by atoms with E-state index in [0.717, 1.165) is 0 Å². The Morgan fingerprint density at radius 1 is 1.52 bits per heavy atom. The van der Waals surface area contributed by atoms with E-state index in [9.17, 15) is 24.6 Å². The number of rotatable bonds is 5. The van der Waals surface area contributed by atoms with E-state index in [2.05, 4.69) is 6.58 Å². The zero-order valence-electron chi connectivity index (χ0n) is 15.6. The molecule has 2 N–H and O–H groups in total. The van der Waals surface area contributed by atoms with E-state index in [4.69, 9.17) is 9.47 Å². The van der Waals surface area contributed by atoms with Crippen LogP contribution < -0.4 is 0 Å². The standard InChI is InChI=1S/C20H26O7/c1-4-11(2)19(24)27-18-16-12(3)20(25)26-15(16)8-13(9-21)6-5-7-14(10-22)17(18)23/h7-8,10-11,15-18,21,23H,3-6,9H2,1-2H3/b13-8-,14-7+/t11-,15+,16+,17-,18+/m0/s1. The van der Waals surface area contributed by atoms with E-state index in [0.29, 0.717) is 31.1 Å². The fourth-order valence-corrected chi connectivity index (χ4v) is 3.18. The van der Waals surface area contributed by atoms with Gasteiger partial charge in [0.15, 0.2) is 0 Å². The molecule has 0 aromatic heterocycles. The summed E-state index contributed by atoms with van der Waals surface area (Å²) in [6.45, 7) is 7.01. The number of carbonyl (C=O) groups excluding carboxylic acids is 3. The Morgan fingerprint density at radius 3 is 2.81 bits per heavy atom. The van der Waals surface area contributed by atoms with E-state index in [1.165, 1.54) is 0 Å². The van der Waals surface area contributed by atoms with Crippen LogP contribution in [0.2, 0.25) is 0 Å². The minimum Gasteiger partial charge on any atom is -0.458 e. The van der Waals surface area contributed by atoms with Gasteiger partial charge in [-0.3, -0.25) is 9.59 Å². The van der Waals surface area contributed by atoms with Crippen molar-refractivity contribution >= 4 is 18.2 Å². The number of fused-ring (bicyclic) bond motifs is 1. The van der Waals surface area contributed by atoms with Crippen molar-refractivity contribution in [3.63, 3.8) is 0 Å². The average Bonchev–Trinajstić information content (AvgIpc) is 2.94. The first-order valence-corrected chi connectivity index (χ1v) is 9.08. The summed E-state index contributed by atoms with van der Waals surface area (Å²) >= 11 is 0. The van der Waals surface area contributed by atoms with Crippen LogP contribution in [-0.2, 0) is 23.9 Å². The number of esters is 2. The molecule has 0 saturated carbocycles. The quantitative estimate of drug-likeness (QED) is 0.320. The van der Waals surface area contributed by atoms with Crippen molar-refractivity contribution in [2.24, 2.45) is 11.8 Å². The van der Waals surface area contributed by atoms with E-state index < -0.39 is 42.1 Å². The Labute approximate surface area is 158 Å². The number of aliphatic hydroxyl groups is 2. The summed E-state index contributed by atoms with van der Waals surface area (Å²) in [6, 6.07) is 0. The van der Waals surface area contributed by atoms with Gasteiger partial charge in [-0.05, 0) is 30.9 Å². The highest BCUT2D eigenvalue weighted by Gasteiger charge is 2.48. The number of hydrogen-bond acceptors (Lipinski definition) is 7. The maximum absolute atomic E-state index is 12.4. The minimum absolute atomic E-state index is 0.0559. The van der Waals surface area contributed by atoms with Crippen LogP contribution in [0.3, 0.4) is 0 Å². The molecular weight excluding hydrogens is 352 g/mol. The van der Waals surface area contributed by atoms with Gasteiger partial charge >= 0.3 is 11.9 Å².